The van der Waals surface area contributed by atoms with Crippen LogP contribution in [0.2, 0.25) is 0 Å². The molecule has 148 valence electrons. The van der Waals surface area contributed by atoms with Crippen LogP contribution in [0.1, 0.15) is 29.1 Å². The summed E-state index contributed by atoms with van der Waals surface area (Å²) in [6.07, 6.45) is 3.51. The number of aromatic amines is 2. The van der Waals surface area contributed by atoms with Crippen LogP contribution in [0.3, 0.4) is 0 Å². The zero-order valence-corrected chi connectivity index (χ0v) is 16.6. The summed E-state index contributed by atoms with van der Waals surface area (Å²) in [6.45, 7) is 2.00. The standard InChI is InChI=1S/C23H20N6O/c1-14(15-6-4-3-5-7-15)29(2)23(30)22-25-19-12-17-18(13-20(19)26-22)27-28-21(17)16-8-10-24-11-9-16/h3-14,27-28H,1-2H3/t14-/m1/s1. The maximum atomic E-state index is 13.0. The van der Waals surface area contributed by atoms with Gasteiger partial charge in [0.25, 0.3) is 5.91 Å². The first kappa shape index (κ1) is 18.1. The molecule has 3 heterocycles. The number of hydrogen-bond donors (Lipinski definition) is 2. The molecule has 2 aromatic carbocycles. The lowest BCUT2D eigenvalue weighted by Gasteiger charge is -2.24. The summed E-state index contributed by atoms with van der Waals surface area (Å²) in [7, 11) is 1.78. The zero-order chi connectivity index (χ0) is 20.7. The topological polar surface area (TPSA) is 90.6 Å². The van der Waals surface area contributed by atoms with Gasteiger partial charge in [-0.3, -0.25) is 14.9 Å². The van der Waals surface area contributed by atoms with E-state index >= 15 is 0 Å². The van der Waals surface area contributed by atoms with Gasteiger partial charge in [0.05, 0.1) is 28.3 Å². The predicted molar refractivity (Wildman–Crippen MR) is 116 cm³/mol. The minimum absolute atomic E-state index is 0.0807. The molecule has 1 amide bonds. The summed E-state index contributed by atoms with van der Waals surface area (Å²) in [6, 6.07) is 17.6. The quantitative estimate of drug-likeness (QED) is 0.473. The van der Waals surface area contributed by atoms with Crippen LogP contribution in [0, 0.1) is 0 Å². The number of benzene rings is 2. The molecule has 0 radical (unpaired) electrons. The molecule has 30 heavy (non-hydrogen) atoms. The number of amides is 1. The van der Waals surface area contributed by atoms with Crippen LogP contribution in [0.4, 0.5) is 0 Å². The number of imidazole rings is 1. The lowest BCUT2D eigenvalue weighted by molar-refractivity contribution is 0.0732. The van der Waals surface area contributed by atoms with Crippen LogP contribution in [0.15, 0.2) is 67.0 Å². The molecule has 0 bridgehead atoms. The lowest BCUT2D eigenvalue weighted by Crippen LogP contribution is -2.30. The van der Waals surface area contributed by atoms with Crippen molar-refractivity contribution in [3.05, 3.63) is 78.4 Å². The normalized spacial score (nSPS) is 12.3. The monoisotopic (exact) mass is 396 g/mol. The smallest absolute Gasteiger partial charge is 0.291 e. The van der Waals surface area contributed by atoms with Crippen molar-refractivity contribution in [2.75, 3.05) is 7.05 Å². The van der Waals surface area contributed by atoms with E-state index in [1.54, 1.807) is 24.3 Å². The van der Waals surface area contributed by atoms with E-state index in [1.165, 1.54) is 0 Å². The first-order chi connectivity index (χ1) is 14.6. The predicted octanol–water partition coefficient (Wildman–Crippen LogP) is 4.33. The van der Waals surface area contributed by atoms with E-state index in [4.69, 9.17) is 0 Å². The van der Waals surface area contributed by atoms with Gasteiger partial charge in [-0.2, -0.15) is 0 Å². The molecule has 7 heteroatoms. The van der Waals surface area contributed by atoms with Crippen molar-refractivity contribution >= 4 is 27.8 Å². The van der Waals surface area contributed by atoms with E-state index in [2.05, 4.69) is 25.1 Å². The summed E-state index contributed by atoms with van der Waals surface area (Å²) in [5, 5.41) is 7.36. The van der Waals surface area contributed by atoms with Gasteiger partial charge in [-0.05, 0) is 36.8 Å². The van der Waals surface area contributed by atoms with Gasteiger partial charge in [-0.25, -0.2) is 9.97 Å². The fourth-order valence-electron chi connectivity index (χ4n) is 3.65. The fraction of sp³-hybridized carbons (Fsp3) is 0.130. The number of rotatable bonds is 4. The Labute approximate surface area is 172 Å². The molecule has 0 aliphatic heterocycles. The maximum Gasteiger partial charge on any atom is 0.291 e. The molecular formula is C23H20N6O. The van der Waals surface area contributed by atoms with Gasteiger partial charge in [-0.1, -0.05) is 30.3 Å². The van der Waals surface area contributed by atoms with Crippen LogP contribution < -0.4 is 0 Å². The van der Waals surface area contributed by atoms with E-state index in [9.17, 15) is 4.79 Å². The summed E-state index contributed by atoms with van der Waals surface area (Å²) >= 11 is 0. The second-order valence-electron chi connectivity index (χ2n) is 7.30. The van der Waals surface area contributed by atoms with Crippen LogP contribution in [-0.2, 0) is 0 Å². The Balaban J connectivity index is 1.51. The summed E-state index contributed by atoms with van der Waals surface area (Å²) < 4.78 is 0. The van der Waals surface area contributed by atoms with Gasteiger partial charge in [0.1, 0.15) is 0 Å². The van der Waals surface area contributed by atoms with Gasteiger partial charge >= 0.3 is 0 Å². The second kappa shape index (κ2) is 7.11. The second-order valence-corrected chi connectivity index (χ2v) is 7.30. The van der Waals surface area contributed by atoms with E-state index in [0.717, 1.165) is 27.7 Å². The fourth-order valence-corrected chi connectivity index (χ4v) is 3.65. The molecule has 5 rings (SSSR count). The Bertz CT molecular complexity index is 1340. The molecule has 2 N–H and O–H groups in total. The molecule has 0 saturated heterocycles. The molecule has 0 saturated carbocycles. The highest BCUT2D eigenvalue weighted by molar-refractivity contribution is 6.02. The van der Waals surface area contributed by atoms with Gasteiger partial charge in [0, 0.05) is 30.4 Å². The average Bonchev–Trinajstić information content (AvgIpc) is 3.40. The van der Waals surface area contributed by atoms with Crippen molar-refractivity contribution in [3.8, 4) is 11.3 Å². The Hall–Kier alpha value is -4.00. The SMILES string of the molecule is C[C@H](c1ccccc1)N(C)C(=O)c1nc2cc3[nH][nH]c(-c4ccncc4)c3cc2n1. The minimum Gasteiger partial charge on any atom is -0.332 e. The van der Waals surface area contributed by atoms with E-state index in [1.807, 2.05) is 61.5 Å². The average molecular weight is 396 g/mol. The van der Waals surface area contributed by atoms with Crippen LogP contribution in [0.25, 0.3) is 33.2 Å². The number of carbonyl (C=O) groups excluding carboxylic acids is 1. The van der Waals surface area contributed by atoms with Crippen molar-refractivity contribution in [2.24, 2.45) is 0 Å². The molecule has 0 fully saturated rings. The van der Waals surface area contributed by atoms with Gasteiger partial charge < -0.3 is 10.00 Å². The third kappa shape index (κ3) is 3.00. The molecule has 7 nitrogen and oxygen atoms in total. The molecule has 1 atom stereocenters. The van der Waals surface area contributed by atoms with Crippen LogP contribution >= 0.6 is 0 Å². The lowest BCUT2D eigenvalue weighted by atomic mass is 10.1. The number of fused-ring (bicyclic) bond motifs is 2. The molecule has 0 aliphatic carbocycles. The molecular weight excluding hydrogens is 376 g/mol. The van der Waals surface area contributed by atoms with Crippen molar-refractivity contribution in [1.82, 2.24) is 30.0 Å². The van der Waals surface area contributed by atoms with Gasteiger partial charge in [0.2, 0.25) is 5.82 Å². The van der Waals surface area contributed by atoms with Crippen molar-refractivity contribution in [2.45, 2.75) is 13.0 Å². The molecule has 0 spiro atoms. The van der Waals surface area contributed by atoms with Crippen molar-refractivity contribution in [3.63, 3.8) is 0 Å². The molecule has 3 aromatic heterocycles. The Morgan fingerprint density at radius 2 is 1.67 bits per heavy atom. The summed E-state index contributed by atoms with van der Waals surface area (Å²) in [4.78, 5) is 27.8. The van der Waals surface area contributed by atoms with E-state index in [-0.39, 0.29) is 17.8 Å². The molecule has 5 aromatic rings. The first-order valence-electron chi connectivity index (χ1n) is 9.72. The molecule has 0 aliphatic rings. The number of hydrogen-bond acceptors (Lipinski definition) is 4. The van der Waals surface area contributed by atoms with E-state index < -0.39 is 0 Å². The van der Waals surface area contributed by atoms with Crippen LogP contribution in [-0.4, -0.2) is 43.0 Å². The van der Waals surface area contributed by atoms with Gasteiger partial charge in [-0.15, -0.1) is 0 Å². The van der Waals surface area contributed by atoms with Crippen molar-refractivity contribution < 1.29 is 4.79 Å². The Morgan fingerprint density at radius 1 is 0.967 bits per heavy atom. The Kier molecular flexibility index (Phi) is 4.28. The highest BCUT2D eigenvalue weighted by atomic mass is 16.2. The van der Waals surface area contributed by atoms with Crippen molar-refractivity contribution in [1.29, 1.82) is 0 Å². The summed E-state index contributed by atoms with van der Waals surface area (Å²) in [5.41, 5.74) is 5.30. The van der Waals surface area contributed by atoms with E-state index in [0.29, 0.717) is 11.0 Å². The summed E-state index contributed by atoms with van der Waals surface area (Å²) in [5.74, 6) is 0.00417. The number of pyridine rings is 1. The largest absolute Gasteiger partial charge is 0.332 e. The van der Waals surface area contributed by atoms with Crippen LogP contribution in [0.5, 0.6) is 0 Å². The Morgan fingerprint density at radius 3 is 2.40 bits per heavy atom. The number of carbonyl (C=O) groups is 1. The third-order valence-corrected chi connectivity index (χ3v) is 5.50. The maximum absolute atomic E-state index is 13.0. The first-order valence-corrected chi connectivity index (χ1v) is 9.72. The van der Waals surface area contributed by atoms with Gasteiger partial charge in [0.15, 0.2) is 0 Å². The highest BCUT2D eigenvalue weighted by Gasteiger charge is 2.23. The number of aromatic nitrogens is 5. The number of H-pyrrole nitrogens is 2. The molecule has 0 unspecified atom stereocenters. The number of nitrogens with one attached hydrogen (secondary N) is 2. The highest BCUT2D eigenvalue weighted by Crippen LogP contribution is 2.29. The number of nitrogens with zero attached hydrogens (tertiary/aromatic N) is 4. The zero-order valence-electron chi connectivity index (χ0n) is 16.6. The third-order valence-electron chi connectivity index (χ3n) is 5.50. The minimum atomic E-state index is -0.202.